The van der Waals surface area contributed by atoms with E-state index in [1.54, 1.807) is 0 Å². The summed E-state index contributed by atoms with van der Waals surface area (Å²) in [6, 6.07) is 8.09. The van der Waals surface area contributed by atoms with E-state index in [0.29, 0.717) is 12.4 Å². The summed E-state index contributed by atoms with van der Waals surface area (Å²) in [6.07, 6.45) is 1.13. The van der Waals surface area contributed by atoms with Crippen molar-refractivity contribution in [3.05, 3.63) is 46.6 Å². The topological polar surface area (TPSA) is 71.4 Å². The molecule has 2 N–H and O–H groups in total. The van der Waals surface area contributed by atoms with Gasteiger partial charge in [-0.1, -0.05) is 28.9 Å². The lowest BCUT2D eigenvalue weighted by atomic mass is 10.2. The van der Waals surface area contributed by atoms with Crippen molar-refractivity contribution in [3.63, 3.8) is 0 Å². The van der Waals surface area contributed by atoms with Gasteiger partial charge in [-0.05, 0) is 37.2 Å². The third-order valence-electron chi connectivity index (χ3n) is 4.05. The number of aromatic nitrogens is 2. The van der Waals surface area contributed by atoms with Crippen LogP contribution in [0.1, 0.15) is 23.7 Å². The van der Waals surface area contributed by atoms with Gasteiger partial charge in [0.25, 0.3) is 0 Å². The first-order valence-corrected chi connectivity index (χ1v) is 8.31. The van der Waals surface area contributed by atoms with Crippen molar-refractivity contribution in [2.24, 2.45) is 5.73 Å². The number of nitrogens with zero attached hydrogens (tertiary/aromatic N) is 4. The molecule has 0 radical (unpaired) electrons. The lowest BCUT2D eigenvalue weighted by Crippen LogP contribution is -2.30. The zero-order chi connectivity index (χ0) is 16.1. The second-order valence-electron chi connectivity index (χ2n) is 5.84. The SMILES string of the molecule is NCc1nc(CN2CCCN(Cc3ccc(Cl)cc3)CC2)no1. The summed E-state index contributed by atoms with van der Waals surface area (Å²) in [7, 11) is 0. The van der Waals surface area contributed by atoms with Gasteiger partial charge >= 0.3 is 0 Å². The summed E-state index contributed by atoms with van der Waals surface area (Å²) < 4.78 is 5.06. The molecule has 0 atom stereocenters. The largest absolute Gasteiger partial charge is 0.338 e. The predicted molar refractivity (Wildman–Crippen MR) is 88.8 cm³/mol. The van der Waals surface area contributed by atoms with Crippen molar-refractivity contribution < 1.29 is 4.52 Å². The maximum Gasteiger partial charge on any atom is 0.240 e. The molecular weight excluding hydrogens is 314 g/mol. The van der Waals surface area contributed by atoms with E-state index < -0.39 is 0 Å². The van der Waals surface area contributed by atoms with Crippen LogP contribution in [0.25, 0.3) is 0 Å². The molecule has 23 heavy (non-hydrogen) atoms. The van der Waals surface area contributed by atoms with E-state index in [1.165, 1.54) is 5.56 Å². The van der Waals surface area contributed by atoms with Crippen molar-refractivity contribution in [2.75, 3.05) is 26.2 Å². The minimum Gasteiger partial charge on any atom is -0.338 e. The van der Waals surface area contributed by atoms with Crippen LogP contribution in [0.15, 0.2) is 28.8 Å². The molecule has 7 heteroatoms. The van der Waals surface area contributed by atoms with Crippen LogP contribution in [0.3, 0.4) is 0 Å². The van der Waals surface area contributed by atoms with E-state index >= 15 is 0 Å². The van der Waals surface area contributed by atoms with Gasteiger partial charge in [-0.25, -0.2) is 0 Å². The number of hydrogen-bond acceptors (Lipinski definition) is 6. The fraction of sp³-hybridized carbons (Fsp3) is 0.500. The van der Waals surface area contributed by atoms with Crippen LogP contribution >= 0.6 is 11.6 Å². The normalized spacial score (nSPS) is 17.3. The highest BCUT2D eigenvalue weighted by Crippen LogP contribution is 2.13. The Hall–Kier alpha value is -1.47. The van der Waals surface area contributed by atoms with E-state index in [4.69, 9.17) is 21.9 Å². The Morgan fingerprint density at radius 1 is 1.04 bits per heavy atom. The molecule has 1 aliphatic heterocycles. The zero-order valence-electron chi connectivity index (χ0n) is 13.1. The summed E-state index contributed by atoms with van der Waals surface area (Å²) in [4.78, 5) is 9.12. The fourth-order valence-corrected chi connectivity index (χ4v) is 2.95. The first-order chi connectivity index (χ1) is 11.2. The molecule has 2 heterocycles. The van der Waals surface area contributed by atoms with E-state index in [0.717, 1.165) is 56.5 Å². The lowest BCUT2D eigenvalue weighted by Gasteiger charge is -2.21. The average Bonchev–Trinajstić information content (AvgIpc) is 2.90. The maximum atomic E-state index is 5.94. The summed E-state index contributed by atoms with van der Waals surface area (Å²) in [6.45, 7) is 6.15. The summed E-state index contributed by atoms with van der Waals surface area (Å²) in [5.41, 5.74) is 6.80. The minimum atomic E-state index is 0.294. The van der Waals surface area contributed by atoms with Gasteiger partial charge in [-0.2, -0.15) is 4.98 Å². The van der Waals surface area contributed by atoms with E-state index in [2.05, 4.69) is 32.1 Å². The van der Waals surface area contributed by atoms with Crippen LogP contribution in [0.5, 0.6) is 0 Å². The highest BCUT2D eigenvalue weighted by Gasteiger charge is 2.17. The Labute approximate surface area is 141 Å². The number of halogens is 1. The molecule has 0 amide bonds. The molecule has 1 aromatic carbocycles. The first kappa shape index (κ1) is 16.4. The minimum absolute atomic E-state index is 0.294. The van der Waals surface area contributed by atoms with Gasteiger partial charge in [-0.15, -0.1) is 0 Å². The van der Waals surface area contributed by atoms with Crippen LogP contribution in [-0.2, 0) is 19.6 Å². The molecule has 0 unspecified atom stereocenters. The Morgan fingerprint density at radius 3 is 2.39 bits per heavy atom. The Kier molecular flexibility index (Phi) is 5.61. The highest BCUT2D eigenvalue weighted by atomic mass is 35.5. The van der Waals surface area contributed by atoms with E-state index in [9.17, 15) is 0 Å². The number of rotatable bonds is 5. The zero-order valence-corrected chi connectivity index (χ0v) is 13.9. The highest BCUT2D eigenvalue weighted by molar-refractivity contribution is 6.30. The molecule has 1 aliphatic rings. The molecular formula is C16H22ClN5O. The Morgan fingerprint density at radius 2 is 1.74 bits per heavy atom. The summed E-state index contributed by atoms with van der Waals surface area (Å²) in [5.74, 6) is 1.22. The monoisotopic (exact) mass is 335 g/mol. The molecule has 6 nitrogen and oxygen atoms in total. The fourth-order valence-electron chi connectivity index (χ4n) is 2.83. The van der Waals surface area contributed by atoms with E-state index in [1.807, 2.05) is 12.1 Å². The van der Waals surface area contributed by atoms with Gasteiger partial charge in [0.1, 0.15) is 0 Å². The maximum absolute atomic E-state index is 5.94. The molecule has 1 aromatic heterocycles. The van der Waals surface area contributed by atoms with Crippen molar-refractivity contribution in [1.82, 2.24) is 19.9 Å². The van der Waals surface area contributed by atoms with Gasteiger partial charge in [0, 0.05) is 24.7 Å². The number of nitrogens with two attached hydrogens (primary N) is 1. The molecule has 3 rings (SSSR count). The second-order valence-corrected chi connectivity index (χ2v) is 6.28. The van der Waals surface area contributed by atoms with Crippen LogP contribution < -0.4 is 5.73 Å². The van der Waals surface area contributed by atoms with E-state index in [-0.39, 0.29) is 0 Å². The quantitative estimate of drug-likeness (QED) is 0.899. The van der Waals surface area contributed by atoms with Gasteiger partial charge in [-0.3, -0.25) is 9.80 Å². The average molecular weight is 336 g/mol. The summed E-state index contributed by atoms with van der Waals surface area (Å²) in [5, 5.41) is 4.76. The smallest absolute Gasteiger partial charge is 0.240 e. The van der Waals surface area contributed by atoms with Gasteiger partial charge in [0.2, 0.25) is 5.89 Å². The molecule has 0 aliphatic carbocycles. The van der Waals surface area contributed by atoms with Crippen LogP contribution in [0.2, 0.25) is 5.02 Å². The predicted octanol–water partition coefficient (Wildman–Crippen LogP) is 1.89. The second kappa shape index (κ2) is 7.88. The third kappa shape index (κ3) is 4.75. The van der Waals surface area contributed by atoms with Gasteiger partial charge in [0.15, 0.2) is 5.82 Å². The van der Waals surface area contributed by atoms with Crippen LogP contribution in [0, 0.1) is 0 Å². The van der Waals surface area contributed by atoms with Crippen LogP contribution in [0.4, 0.5) is 0 Å². The molecule has 1 saturated heterocycles. The molecule has 0 bridgehead atoms. The molecule has 1 fully saturated rings. The van der Waals surface area contributed by atoms with Crippen molar-refractivity contribution in [2.45, 2.75) is 26.1 Å². The first-order valence-electron chi connectivity index (χ1n) is 7.93. The number of hydrogen-bond donors (Lipinski definition) is 1. The van der Waals surface area contributed by atoms with Crippen LogP contribution in [-0.4, -0.2) is 46.1 Å². The molecule has 124 valence electrons. The van der Waals surface area contributed by atoms with Gasteiger partial charge < -0.3 is 10.3 Å². The number of benzene rings is 1. The molecule has 0 spiro atoms. The van der Waals surface area contributed by atoms with Crippen molar-refractivity contribution in [1.29, 1.82) is 0 Å². The summed E-state index contributed by atoms with van der Waals surface area (Å²) >= 11 is 5.94. The molecule has 2 aromatic rings. The standard InChI is InChI=1S/C16H22ClN5O/c17-14-4-2-13(3-5-14)11-21-6-1-7-22(9-8-21)12-15-19-16(10-18)23-20-15/h2-5H,1,6-12,18H2. The third-order valence-corrected chi connectivity index (χ3v) is 4.30. The van der Waals surface area contributed by atoms with Gasteiger partial charge in [0.05, 0.1) is 13.1 Å². The Bertz CT molecular complexity index is 615. The lowest BCUT2D eigenvalue weighted by molar-refractivity contribution is 0.241. The van der Waals surface area contributed by atoms with Crippen molar-refractivity contribution >= 4 is 11.6 Å². The Balaban J connectivity index is 1.51. The van der Waals surface area contributed by atoms with Crippen molar-refractivity contribution in [3.8, 4) is 0 Å². The molecule has 0 saturated carbocycles.